The molecule has 1 aromatic carbocycles. The van der Waals surface area contributed by atoms with Crippen molar-refractivity contribution in [1.29, 1.82) is 0 Å². The Labute approximate surface area is 127 Å². The number of anilines is 1. The summed E-state index contributed by atoms with van der Waals surface area (Å²) in [5.74, 6) is 0.0332. The highest BCUT2D eigenvalue weighted by molar-refractivity contribution is 6.36. The van der Waals surface area contributed by atoms with E-state index in [9.17, 15) is 9.59 Å². The van der Waals surface area contributed by atoms with E-state index in [2.05, 4.69) is 5.32 Å². The van der Waals surface area contributed by atoms with Crippen molar-refractivity contribution in [3.05, 3.63) is 28.2 Å². The van der Waals surface area contributed by atoms with Crippen molar-refractivity contribution in [2.45, 2.75) is 6.92 Å². The molecule has 2 rings (SSSR count). The second-order valence-electron chi connectivity index (χ2n) is 4.55. The summed E-state index contributed by atoms with van der Waals surface area (Å²) in [5, 5.41) is 3.66. The fourth-order valence-electron chi connectivity index (χ4n) is 2.01. The van der Waals surface area contributed by atoms with Gasteiger partial charge in [-0.15, -0.1) is 0 Å². The summed E-state index contributed by atoms with van der Waals surface area (Å²) in [6, 6.07) is 4.68. The minimum absolute atomic E-state index is 0.0332. The molecule has 0 saturated carbocycles. The predicted molar refractivity (Wildman–Crippen MR) is 79.3 cm³/mol. The molecule has 1 aliphatic heterocycles. The fourth-order valence-corrected chi connectivity index (χ4v) is 2.47. The highest BCUT2D eigenvalue weighted by atomic mass is 35.5. The van der Waals surface area contributed by atoms with E-state index in [4.69, 9.17) is 23.2 Å². The maximum atomic E-state index is 12.1. The first-order valence-corrected chi connectivity index (χ1v) is 6.99. The second kappa shape index (κ2) is 6.33. The van der Waals surface area contributed by atoms with Crippen molar-refractivity contribution in [3.8, 4) is 0 Å². The van der Waals surface area contributed by atoms with Gasteiger partial charge in [0.15, 0.2) is 0 Å². The third-order valence-corrected chi connectivity index (χ3v) is 3.73. The van der Waals surface area contributed by atoms with Crippen LogP contribution in [0.25, 0.3) is 0 Å². The molecule has 1 fully saturated rings. The molecule has 0 unspecified atom stereocenters. The average Bonchev–Trinajstić information content (AvgIpc) is 2.42. The molecule has 0 aliphatic carbocycles. The Bertz CT molecular complexity index is 528. The van der Waals surface area contributed by atoms with Gasteiger partial charge in [-0.3, -0.25) is 4.79 Å². The van der Waals surface area contributed by atoms with Gasteiger partial charge in [0, 0.05) is 38.1 Å². The van der Waals surface area contributed by atoms with E-state index in [1.807, 2.05) is 0 Å². The number of halogens is 2. The Balaban J connectivity index is 1.94. The Morgan fingerprint density at radius 1 is 1.10 bits per heavy atom. The predicted octanol–water partition coefficient (Wildman–Crippen LogP) is 2.69. The molecule has 0 bridgehead atoms. The van der Waals surface area contributed by atoms with Crippen LogP contribution in [0.1, 0.15) is 6.92 Å². The van der Waals surface area contributed by atoms with Crippen LogP contribution in [0.4, 0.5) is 10.5 Å². The topological polar surface area (TPSA) is 52.7 Å². The van der Waals surface area contributed by atoms with Gasteiger partial charge in [-0.05, 0) is 18.2 Å². The highest BCUT2D eigenvalue weighted by Gasteiger charge is 2.22. The number of urea groups is 1. The van der Waals surface area contributed by atoms with Crippen LogP contribution < -0.4 is 5.32 Å². The van der Waals surface area contributed by atoms with Crippen molar-refractivity contribution in [3.63, 3.8) is 0 Å². The number of nitrogens with one attached hydrogen (secondary N) is 1. The van der Waals surface area contributed by atoms with Crippen molar-refractivity contribution in [2.24, 2.45) is 0 Å². The average molecular weight is 316 g/mol. The molecule has 108 valence electrons. The molecular weight excluding hydrogens is 301 g/mol. The summed E-state index contributed by atoms with van der Waals surface area (Å²) in [6.45, 7) is 3.66. The Morgan fingerprint density at radius 2 is 1.70 bits per heavy atom. The molecule has 0 radical (unpaired) electrons. The van der Waals surface area contributed by atoms with Crippen LogP contribution in [0.3, 0.4) is 0 Å². The van der Waals surface area contributed by atoms with Crippen molar-refractivity contribution >= 4 is 40.8 Å². The molecule has 0 aromatic heterocycles. The molecule has 20 heavy (non-hydrogen) atoms. The molecule has 1 heterocycles. The van der Waals surface area contributed by atoms with Crippen LogP contribution in [0.2, 0.25) is 10.0 Å². The number of piperazine rings is 1. The SMILES string of the molecule is CC(=O)N1CCN(C(=O)Nc2ccc(Cl)cc2Cl)CC1. The number of hydrogen-bond acceptors (Lipinski definition) is 2. The molecule has 5 nitrogen and oxygen atoms in total. The first-order valence-electron chi connectivity index (χ1n) is 6.24. The Morgan fingerprint density at radius 3 is 2.25 bits per heavy atom. The summed E-state index contributed by atoms with van der Waals surface area (Å²) in [7, 11) is 0. The molecule has 1 aromatic rings. The lowest BCUT2D eigenvalue weighted by atomic mass is 10.3. The fraction of sp³-hybridized carbons (Fsp3) is 0.385. The Kier molecular flexibility index (Phi) is 4.73. The van der Waals surface area contributed by atoms with Crippen LogP contribution in [0.5, 0.6) is 0 Å². The van der Waals surface area contributed by atoms with Crippen LogP contribution in [0, 0.1) is 0 Å². The molecule has 1 N–H and O–H groups in total. The maximum absolute atomic E-state index is 12.1. The molecule has 1 aliphatic rings. The zero-order chi connectivity index (χ0) is 14.7. The van der Waals surface area contributed by atoms with E-state index >= 15 is 0 Å². The van der Waals surface area contributed by atoms with E-state index in [1.54, 1.807) is 28.0 Å². The van der Waals surface area contributed by atoms with Gasteiger partial charge in [-0.1, -0.05) is 23.2 Å². The minimum Gasteiger partial charge on any atom is -0.339 e. The van der Waals surface area contributed by atoms with E-state index in [1.165, 1.54) is 6.92 Å². The standard InChI is InChI=1S/C13H15Cl2N3O2/c1-9(19)17-4-6-18(7-5-17)13(20)16-12-3-2-10(14)8-11(12)15/h2-3,8H,4-7H2,1H3,(H,16,20). The number of hydrogen-bond donors (Lipinski definition) is 1. The van der Waals surface area contributed by atoms with Crippen molar-refractivity contribution < 1.29 is 9.59 Å². The van der Waals surface area contributed by atoms with Gasteiger partial charge in [0.05, 0.1) is 10.7 Å². The maximum Gasteiger partial charge on any atom is 0.322 e. The summed E-state index contributed by atoms with van der Waals surface area (Å²) >= 11 is 11.8. The lowest BCUT2D eigenvalue weighted by Crippen LogP contribution is -2.51. The van der Waals surface area contributed by atoms with E-state index in [0.29, 0.717) is 41.9 Å². The summed E-state index contributed by atoms with van der Waals surface area (Å²) in [5.41, 5.74) is 0.523. The van der Waals surface area contributed by atoms with Crippen molar-refractivity contribution in [1.82, 2.24) is 9.80 Å². The van der Waals surface area contributed by atoms with Crippen molar-refractivity contribution in [2.75, 3.05) is 31.5 Å². The summed E-state index contributed by atoms with van der Waals surface area (Å²) in [6.07, 6.45) is 0. The van der Waals surface area contributed by atoms with Crippen LogP contribution in [-0.4, -0.2) is 47.9 Å². The molecule has 0 atom stereocenters. The van der Waals surface area contributed by atoms with Gasteiger partial charge in [0.2, 0.25) is 5.91 Å². The van der Waals surface area contributed by atoms with Crippen LogP contribution in [-0.2, 0) is 4.79 Å². The smallest absolute Gasteiger partial charge is 0.322 e. The van der Waals surface area contributed by atoms with Gasteiger partial charge < -0.3 is 15.1 Å². The zero-order valence-corrected chi connectivity index (χ0v) is 12.5. The molecule has 7 heteroatoms. The van der Waals surface area contributed by atoms with Crippen LogP contribution >= 0.6 is 23.2 Å². The first kappa shape index (κ1) is 14.9. The second-order valence-corrected chi connectivity index (χ2v) is 5.39. The van der Waals surface area contributed by atoms with Gasteiger partial charge >= 0.3 is 6.03 Å². The van der Waals surface area contributed by atoms with E-state index < -0.39 is 0 Å². The highest BCUT2D eigenvalue weighted by Crippen LogP contribution is 2.25. The third-order valence-electron chi connectivity index (χ3n) is 3.18. The molecule has 3 amide bonds. The molecule has 0 spiro atoms. The summed E-state index contributed by atoms with van der Waals surface area (Å²) < 4.78 is 0. The largest absolute Gasteiger partial charge is 0.339 e. The quantitative estimate of drug-likeness (QED) is 0.866. The van der Waals surface area contributed by atoms with Gasteiger partial charge in [-0.2, -0.15) is 0 Å². The lowest BCUT2D eigenvalue weighted by Gasteiger charge is -2.34. The number of carbonyl (C=O) groups excluding carboxylic acids is 2. The molecular formula is C13H15Cl2N3O2. The minimum atomic E-state index is -0.225. The van der Waals surface area contributed by atoms with Gasteiger partial charge in [0.25, 0.3) is 0 Å². The lowest BCUT2D eigenvalue weighted by molar-refractivity contribution is -0.130. The number of amides is 3. The number of rotatable bonds is 1. The third kappa shape index (κ3) is 3.55. The number of carbonyl (C=O) groups is 2. The monoisotopic (exact) mass is 315 g/mol. The van der Waals surface area contributed by atoms with Crippen LogP contribution in [0.15, 0.2) is 18.2 Å². The molecule has 1 saturated heterocycles. The normalized spacial score (nSPS) is 15.2. The first-order chi connectivity index (χ1) is 9.47. The van der Waals surface area contributed by atoms with Gasteiger partial charge in [0.1, 0.15) is 0 Å². The Hall–Kier alpha value is -1.46. The number of nitrogens with zero attached hydrogens (tertiary/aromatic N) is 2. The van der Waals surface area contributed by atoms with E-state index in [-0.39, 0.29) is 11.9 Å². The van der Waals surface area contributed by atoms with Gasteiger partial charge in [-0.25, -0.2) is 4.79 Å². The van der Waals surface area contributed by atoms with E-state index in [0.717, 1.165) is 0 Å². The summed E-state index contributed by atoms with van der Waals surface area (Å²) in [4.78, 5) is 26.7. The zero-order valence-electron chi connectivity index (χ0n) is 11.0. The number of benzene rings is 1.